The SMILES string of the molecule is c1ccc2cc3c(-c4ccc5ccccc5c4-c4ccc5ccc6cccc7ccc4c5c67)cccc3cc2c1. The monoisotopic (exact) mass is 504 g/mol. The Labute approximate surface area is 232 Å². The third-order valence-electron chi connectivity index (χ3n) is 8.76. The van der Waals surface area contributed by atoms with Crippen LogP contribution >= 0.6 is 0 Å². The van der Waals surface area contributed by atoms with Crippen LogP contribution in [0, 0.1) is 0 Å². The summed E-state index contributed by atoms with van der Waals surface area (Å²) in [4.78, 5) is 0. The molecular formula is C40H24. The lowest BCUT2D eigenvalue weighted by Crippen LogP contribution is -1.92. The van der Waals surface area contributed by atoms with Crippen LogP contribution in [0.3, 0.4) is 0 Å². The van der Waals surface area contributed by atoms with E-state index in [0.29, 0.717) is 0 Å². The van der Waals surface area contributed by atoms with E-state index >= 15 is 0 Å². The van der Waals surface area contributed by atoms with Crippen LogP contribution in [-0.2, 0) is 0 Å². The standard InChI is InChI=1S/C40H24/c1-2-9-30-24-37-31(23-29(30)8-1)12-6-14-33(37)34-20-17-25-7-3-4-13-32(25)40(34)36-22-19-28-16-15-26-10-5-11-27-18-21-35(36)39(28)38(26)27/h1-24H. The smallest absolute Gasteiger partial charge is 0.00204 e. The largest absolute Gasteiger partial charge is 0.0616 e. The average Bonchev–Trinajstić information content (AvgIpc) is 3.02. The molecule has 0 saturated heterocycles. The van der Waals surface area contributed by atoms with Gasteiger partial charge >= 0.3 is 0 Å². The van der Waals surface area contributed by atoms with Crippen LogP contribution in [0.4, 0.5) is 0 Å². The van der Waals surface area contributed by atoms with Gasteiger partial charge < -0.3 is 0 Å². The third kappa shape index (κ3) is 3.02. The second-order valence-electron chi connectivity index (χ2n) is 10.9. The molecule has 0 aliphatic carbocycles. The van der Waals surface area contributed by atoms with Gasteiger partial charge in [0, 0.05) is 0 Å². The Bertz CT molecular complexity index is 2410. The van der Waals surface area contributed by atoms with Crippen molar-refractivity contribution in [2.75, 3.05) is 0 Å². The molecule has 0 nitrogen and oxygen atoms in total. The van der Waals surface area contributed by atoms with Crippen LogP contribution in [0.2, 0.25) is 0 Å². The van der Waals surface area contributed by atoms with Crippen LogP contribution in [0.15, 0.2) is 146 Å². The summed E-state index contributed by atoms with van der Waals surface area (Å²) < 4.78 is 0. The highest BCUT2D eigenvalue weighted by Gasteiger charge is 2.18. The fourth-order valence-corrected chi connectivity index (χ4v) is 6.94. The molecule has 0 fully saturated rings. The number of fused-ring (bicyclic) bond motifs is 3. The second kappa shape index (κ2) is 8.15. The van der Waals surface area contributed by atoms with E-state index in [2.05, 4.69) is 146 Å². The number of hydrogen-bond donors (Lipinski definition) is 0. The van der Waals surface area contributed by atoms with Crippen LogP contribution in [-0.4, -0.2) is 0 Å². The molecule has 0 N–H and O–H groups in total. The molecule has 0 saturated carbocycles. The zero-order valence-electron chi connectivity index (χ0n) is 21.9. The van der Waals surface area contributed by atoms with Crippen molar-refractivity contribution in [3.8, 4) is 22.3 Å². The maximum atomic E-state index is 2.36. The molecule has 40 heavy (non-hydrogen) atoms. The van der Waals surface area contributed by atoms with Gasteiger partial charge in [-0.15, -0.1) is 0 Å². The first-order chi connectivity index (χ1) is 19.8. The Morgan fingerprint density at radius 1 is 0.250 bits per heavy atom. The van der Waals surface area contributed by atoms with E-state index in [1.807, 2.05) is 0 Å². The van der Waals surface area contributed by atoms with Gasteiger partial charge in [-0.25, -0.2) is 0 Å². The van der Waals surface area contributed by atoms with Gasteiger partial charge in [0.15, 0.2) is 0 Å². The summed E-state index contributed by atoms with van der Waals surface area (Å²) in [7, 11) is 0. The number of hydrogen-bond acceptors (Lipinski definition) is 0. The maximum absolute atomic E-state index is 2.36. The Kier molecular flexibility index (Phi) is 4.42. The highest BCUT2D eigenvalue weighted by molar-refractivity contribution is 6.27. The van der Waals surface area contributed by atoms with Gasteiger partial charge in [0.1, 0.15) is 0 Å². The van der Waals surface area contributed by atoms with E-state index in [-0.39, 0.29) is 0 Å². The van der Waals surface area contributed by atoms with E-state index in [4.69, 9.17) is 0 Å². The molecule has 0 aliphatic rings. The molecule has 0 aliphatic heterocycles. The predicted octanol–water partition coefficient (Wildman–Crippen LogP) is 11.4. The van der Waals surface area contributed by atoms with Crippen molar-refractivity contribution in [3.05, 3.63) is 146 Å². The van der Waals surface area contributed by atoms with Crippen molar-refractivity contribution in [1.29, 1.82) is 0 Å². The Hall–Kier alpha value is -5.20. The van der Waals surface area contributed by atoms with Crippen LogP contribution < -0.4 is 0 Å². The van der Waals surface area contributed by atoms with Crippen molar-refractivity contribution in [2.45, 2.75) is 0 Å². The summed E-state index contributed by atoms with van der Waals surface area (Å²) in [6.45, 7) is 0. The molecule has 0 heterocycles. The zero-order valence-corrected chi connectivity index (χ0v) is 21.9. The third-order valence-corrected chi connectivity index (χ3v) is 8.76. The lowest BCUT2D eigenvalue weighted by molar-refractivity contribution is 1.66. The molecule has 0 bridgehead atoms. The van der Waals surface area contributed by atoms with Crippen molar-refractivity contribution < 1.29 is 0 Å². The molecule has 0 aromatic heterocycles. The molecule has 9 aromatic carbocycles. The minimum atomic E-state index is 1.26. The molecular weight excluding hydrogens is 480 g/mol. The van der Waals surface area contributed by atoms with Crippen LogP contribution in [0.25, 0.3) is 86.9 Å². The number of rotatable bonds is 2. The van der Waals surface area contributed by atoms with Crippen molar-refractivity contribution in [3.63, 3.8) is 0 Å². The summed E-state index contributed by atoms with van der Waals surface area (Å²) in [5, 5.41) is 15.6. The first kappa shape index (κ1) is 21.7. The molecule has 0 amide bonds. The fraction of sp³-hybridized carbons (Fsp3) is 0. The summed E-state index contributed by atoms with van der Waals surface area (Å²) in [6, 6.07) is 54.0. The highest BCUT2D eigenvalue weighted by atomic mass is 14.2. The minimum Gasteiger partial charge on any atom is -0.0616 e. The van der Waals surface area contributed by atoms with Crippen LogP contribution in [0.5, 0.6) is 0 Å². The van der Waals surface area contributed by atoms with E-state index in [1.165, 1.54) is 86.9 Å². The van der Waals surface area contributed by atoms with Gasteiger partial charge in [-0.3, -0.25) is 0 Å². The lowest BCUT2D eigenvalue weighted by Gasteiger charge is -2.19. The van der Waals surface area contributed by atoms with Crippen molar-refractivity contribution >= 4 is 64.6 Å². The molecule has 9 aromatic rings. The Morgan fingerprint density at radius 2 is 0.825 bits per heavy atom. The highest BCUT2D eigenvalue weighted by Crippen LogP contribution is 2.46. The summed E-state index contributed by atoms with van der Waals surface area (Å²) >= 11 is 0. The Balaban J connectivity index is 1.44. The minimum absolute atomic E-state index is 1.26. The van der Waals surface area contributed by atoms with Gasteiger partial charge in [-0.05, 0) is 99.0 Å². The normalized spacial score (nSPS) is 12.0. The maximum Gasteiger partial charge on any atom is -0.00204 e. The van der Waals surface area contributed by atoms with E-state index in [0.717, 1.165) is 0 Å². The van der Waals surface area contributed by atoms with Gasteiger partial charge in [-0.1, -0.05) is 133 Å². The summed E-state index contributed by atoms with van der Waals surface area (Å²) in [6.07, 6.45) is 0. The van der Waals surface area contributed by atoms with Crippen LogP contribution in [0.1, 0.15) is 0 Å². The fourth-order valence-electron chi connectivity index (χ4n) is 6.94. The van der Waals surface area contributed by atoms with Gasteiger partial charge in [-0.2, -0.15) is 0 Å². The molecule has 0 atom stereocenters. The van der Waals surface area contributed by atoms with Crippen molar-refractivity contribution in [2.24, 2.45) is 0 Å². The van der Waals surface area contributed by atoms with Gasteiger partial charge in [0.25, 0.3) is 0 Å². The van der Waals surface area contributed by atoms with Gasteiger partial charge in [0.05, 0.1) is 0 Å². The van der Waals surface area contributed by atoms with E-state index in [1.54, 1.807) is 0 Å². The topological polar surface area (TPSA) is 0 Å². The summed E-state index contributed by atoms with van der Waals surface area (Å²) in [5.41, 5.74) is 5.14. The Morgan fingerprint density at radius 3 is 1.68 bits per heavy atom. The first-order valence-electron chi connectivity index (χ1n) is 13.9. The first-order valence-corrected chi connectivity index (χ1v) is 13.9. The van der Waals surface area contributed by atoms with Crippen molar-refractivity contribution in [1.82, 2.24) is 0 Å². The molecule has 184 valence electrons. The quantitative estimate of drug-likeness (QED) is 0.162. The van der Waals surface area contributed by atoms with E-state index < -0.39 is 0 Å². The molecule has 0 spiro atoms. The van der Waals surface area contributed by atoms with E-state index in [9.17, 15) is 0 Å². The average molecular weight is 505 g/mol. The predicted molar refractivity (Wildman–Crippen MR) is 174 cm³/mol. The zero-order chi connectivity index (χ0) is 26.2. The molecule has 9 rings (SSSR count). The molecule has 0 heteroatoms. The molecule has 0 radical (unpaired) electrons. The lowest BCUT2D eigenvalue weighted by atomic mass is 9.84. The molecule has 0 unspecified atom stereocenters. The second-order valence-corrected chi connectivity index (χ2v) is 10.9. The van der Waals surface area contributed by atoms with Gasteiger partial charge in [0.2, 0.25) is 0 Å². The summed E-state index contributed by atoms with van der Waals surface area (Å²) in [5.74, 6) is 0. The number of benzene rings is 9.